The summed E-state index contributed by atoms with van der Waals surface area (Å²) in [7, 11) is -1.61. The summed E-state index contributed by atoms with van der Waals surface area (Å²) in [5.74, 6) is -0.140. The summed E-state index contributed by atoms with van der Waals surface area (Å²) in [5.41, 5.74) is 0. The van der Waals surface area contributed by atoms with Gasteiger partial charge in [0.25, 0.3) is 0 Å². The summed E-state index contributed by atoms with van der Waals surface area (Å²) in [6.07, 6.45) is 2.72. The molecule has 0 radical (unpaired) electrons. The van der Waals surface area contributed by atoms with E-state index in [0.717, 1.165) is 0 Å². The van der Waals surface area contributed by atoms with Gasteiger partial charge >= 0.3 is 0 Å². The number of sulfonamides is 1. The van der Waals surface area contributed by atoms with Crippen LogP contribution in [0.5, 0.6) is 0 Å². The number of ketones is 1. The lowest BCUT2D eigenvalue weighted by Gasteiger charge is -2.31. The van der Waals surface area contributed by atoms with Crippen LogP contribution >= 0.6 is 0 Å². The Morgan fingerprint density at radius 2 is 1.75 bits per heavy atom. The second-order valence-corrected chi connectivity index (χ2v) is 6.66. The molecule has 0 bridgehead atoms. The number of rotatable bonds is 4. The van der Waals surface area contributed by atoms with Crippen LogP contribution in [0, 0.1) is 0 Å². The highest BCUT2D eigenvalue weighted by molar-refractivity contribution is 7.89. The Morgan fingerprint density at radius 1 is 1.20 bits per heavy atom. The normalized spacial score (nSPS) is 18.1. The highest BCUT2D eigenvalue weighted by Crippen LogP contribution is 2.15. The Labute approximate surface area is 118 Å². The molecule has 1 fully saturated rings. The van der Waals surface area contributed by atoms with Crippen molar-refractivity contribution in [2.75, 3.05) is 33.2 Å². The molecule has 0 amide bonds. The van der Waals surface area contributed by atoms with Gasteiger partial charge in [-0.15, -0.1) is 0 Å². The average molecular weight is 298 g/mol. The quantitative estimate of drug-likeness (QED) is 0.728. The second-order valence-electron chi connectivity index (χ2n) is 4.73. The molecule has 1 aliphatic rings. The van der Waals surface area contributed by atoms with E-state index in [9.17, 15) is 13.2 Å². The SMILES string of the molecule is CCC(=O)c1ncc(S(=O)(=O)N2CCN(C)CC2)cn1. The molecule has 7 nitrogen and oxygen atoms in total. The largest absolute Gasteiger partial charge is 0.304 e. The molecule has 1 aliphatic heterocycles. The molecule has 0 atom stereocenters. The molecule has 2 heterocycles. The molecule has 0 saturated carbocycles. The lowest BCUT2D eigenvalue weighted by molar-refractivity contribution is 0.0978. The Kier molecular flexibility index (Phi) is 4.46. The minimum Gasteiger partial charge on any atom is -0.304 e. The fourth-order valence-corrected chi connectivity index (χ4v) is 3.24. The van der Waals surface area contributed by atoms with Crippen LogP contribution in [-0.4, -0.2) is 66.6 Å². The summed E-state index contributed by atoms with van der Waals surface area (Å²) in [5, 5.41) is 0. The van der Waals surface area contributed by atoms with E-state index in [1.54, 1.807) is 6.92 Å². The number of Topliss-reactive ketones (excluding diaryl/α,β-unsaturated/α-hetero) is 1. The van der Waals surface area contributed by atoms with Gasteiger partial charge in [0.05, 0.1) is 12.4 Å². The van der Waals surface area contributed by atoms with Gasteiger partial charge < -0.3 is 4.90 Å². The van der Waals surface area contributed by atoms with E-state index < -0.39 is 10.0 Å². The van der Waals surface area contributed by atoms with Crippen LogP contribution < -0.4 is 0 Å². The number of carbonyl (C=O) groups excluding carboxylic acids is 1. The van der Waals surface area contributed by atoms with Crippen molar-refractivity contribution >= 4 is 15.8 Å². The fraction of sp³-hybridized carbons (Fsp3) is 0.583. The zero-order chi connectivity index (χ0) is 14.8. The van der Waals surface area contributed by atoms with Crippen molar-refractivity contribution in [3.05, 3.63) is 18.2 Å². The Hall–Kier alpha value is -1.38. The highest BCUT2D eigenvalue weighted by Gasteiger charge is 2.28. The molecule has 20 heavy (non-hydrogen) atoms. The number of piperazine rings is 1. The standard InChI is InChI=1S/C12H18N4O3S/c1-3-11(17)12-13-8-10(9-14-12)20(18,19)16-6-4-15(2)5-7-16/h8-9H,3-7H2,1-2H3. The predicted molar refractivity (Wildman–Crippen MR) is 72.9 cm³/mol. The third-order valence-corrected chi connectivity index (χ3v) is 5.15. The molecule has 0 spiro atoms. The Bertz CT molecular complexity index is 577. The zero-order valence-corrected chi connectivity index (χ0v) is 12.4. The van der Waals surface area contributed by atoms with Crippen LogP contribution in [0.4, 0.5) is 0 Å². The first kappa shape index (κ1) is 15.0. The van der Waals surface area contributed by atoms with Gasteiger partial charge in [0.2, 0.25) is 10.0 Å². The molecule has 0 unspecified atom stereocenters. The van der Waals surface area contributed by atoms with E-state index in [2.05, 4.69) is 14.9 Å². The summed E-state index contributed by atoms with van der Waals surface area (Å²) in [6, 6.07) is 0. The van der Waals surface area contributed by atoms with Crippen molar-refractivity contribution in [2.45, 2.75) is 18.2 Å². The van der Waals surface area contributed by atoms with Crippen molar-refractivity contribution in [1.82, 2.24) is 19.2 Å². The van der Waals surface area contributed by atoms with Gasteiger partial charge in [0.1, 0.15) is 4.90 Å². The van der Waals surface area contributed by atoms with Gasteiger partial charge in [-0.3, -0.25) is 4.79 Å². The topological polar surface area (TPSA) is 83.5 Å². The van der Waals surface area contributed by atoms with Gasteiger partial charge in [0.15, 0.2) is 11.6 Å². The number of likely N-dealkylation sites (N-methyl/N-ethyl adjacent to an activating group) is 1. The van der Waals surface area contributed by atoms with Crippen molar-refractivity contribution < 1.29 is 13.2 Å². The number of hydrogen-bond acceptors (Lipinski definition) is 6. The van der Waals surface area contributed by atoms with Crippen LogP contribution in [0.2, 0.25) is 0 Å². The number of nitrogens with zero attached hydrogens (tertiary/aromatic N) is 4. The molecule has 110 valence electrons. The molecule has 0 aliphatic carbocycles. The second kappa shape index (κ2) is 5.94. The predicted octanol–water partition coefficient (Wildman–Crippen LogP) is 0.00540. The van der Waals surface area contributed by atoms with Crippen LogP contribution in [0.15, 0.2) is 17.3 Å². The van der Waals surface area contributed by atoms with E-state index >= 15 is 0 Å². The molecule has 8 heteroatoms. The Morgan fingerprint density at radius 3 is 2.25 bits per heavy atom. The minimum absolute atomic E-state index is 0.0368. The summed E-state index contributed by atoms with van der Waals surface area (Å²) in [4.78, 5) is 21.2. The molecule has 1 saturated heterocycles. The highest BCUT2D eigenvalue weighted by atomic mass is 32.2. The first-order valence-corrected chi connectivity index (χ1v) is 7.93. The van der Waals surface area contributed by atoms with E-state index in [0.29, 0.717) is 32.6 Å². The molecule has 0 aromatic carbocycles. The van der Waals surface area contributed by atoms with E-state index in [1.807, 2.05) is 7.05 Å². The first-order chi connectivity index (χ1) is 9.45. The van der Waals surface area contributed by atoms with Gasteiger partial charge in [-0.05, 0) is 7.05 Å². The van der Waals surface area contributed by atoms with E-state index in [1.165, 1.54) is 16.7 Å². The molecule has 2 rings (SSSR count). The first-order valence-electron chi connectivity index (χ1n) is 6.49. The van der Waals surface area contributed by atoms with Gasteiger partial charge in [-0.2, -0.15) is 4.31 Å². The van der Waals surface area contributed by atoms with Crippen LogP contribution in [0.1, 0.15) is 24.0 Å². The summed E-state index contributed by atoms with van der Waals surface area (Å²) >= 11 is 0. The third-order valence-electron chi connectivity index (χ3n) is 3.30. The molecule has 1 aromatic rings. The molecular weight excluding hydrogens is 280 g/mol. The van der Waals surface area contributed by atoms with Crippen molar-refractivity contribution in [2.24, 2.45) is 0 Å². The van der Waals surface area contributed by atoms with Crippen molar-refractivity contribution in [3.63, 3.8) is 0 Å². The molecule has 0 N–H and O–H groups in total. The molecular formula is C12H18N4O3S. The molecule has 1 aromatic heterocycles. The van der Waals surface area contributed by atoms with Gasteiger partial charge in [0, 0.05) is 32.6 Å². The number of hydrogen-bond donors (Lipinski definition) is 0. The lowest BCUT2D eigenvalue weighted by atomic mass is 10.3. The number of aromatic nitrogens is 2. The lowest BCUT2D eigenvalue weighted by Crippen LogP contribution is -2.47. The van der Waals surface area contributed by atoms with Gasteiger partial charge in [-0.25, -0.2) is 18.4 Å². The van der Waals surface area contributed by atoms with Gasteiger partial charge in [-0.1, -0.05) is 6.92 Å². The van der Waals surface area contributed by atoms with Crippen LogP contribution in [0.25, 0.3) is 0 Å². The fourth-order valence-electron chi connectivity index (χ4n) is 1.93. The van der Waals surface area contributed by atoms with E-state index in [-0.39, 0.29) is 16.5 Å². The van der Waals surface area contributed by atoms with E-state index in [4.69, 9.17) is 0 Å². The zero-order valence-electron chi connectivity index (χ0n) is 11.6. The smallest absolute Gasteiger partial charge is 0.246 e. The van der Waals surface area contributed by atoms with Crippen molar-refractivity contribution in [3.8, 4) is 0 Å². The third kappa shape index (κ3) is 3.02. The maximum atomic E-state index is 12.4. The van der Waals surface area contributed by atoms with Crippen LogP contribution in [0.3, 0.4) is 0 Å². The summed E-state index contributed by atoms with van der Waals surface area (Å²) < 4.78 is 26.2. The summed E-state index contributed by atoms with van der Waals surface area (Å²) in [6.45, 7) is 4.02. The maximum Gasteiger partial charge on any atom is 0.246 e. The minimum atomic E-state index is -3.56. The average Bonchev–Trinajstić information content (AvgIpc) is 2.47. The maximum absolute atomic E-state index is 12.4. The van der Waals surface area contributed by atoms with Crippen molar-refractivity contribution in [1.29, 1.82) is 0 Å². The monoisotopic (exact) mass is 298 g/mol. The van der Waals surface area contributed by atoms with Crippen LogP contribution in [-0.2, 0) is 10.0 Å². The Balaban J connectivity index is 2.19. The number of carbonyl (C=O) groups is 1.